The number of carbonyl (C=O) groups is 2. The molecule has 0 aliphatic heterocycles. The van der Waals surface area contributed by atoms with Crippen molar-refractivity contribution < 1.29 is 22.4 Å². The van der Waals surface area contributed by atoms with Gasteiger partial charge < -0.3 is 10.2 Å². The standard InChI is InChI=1S/C35H37ClFN3O4S/c1-25-15-18-28(36)22-31(25)40(45(43,44)30-13-9-6-10-14-30)24-33(41)39(23-27-16-19-29(37)20-17-27)32(34(42)38-35(2,3)4)21-26-11-7-5-8-12-26/h5-20,22,32H,21,23-24H2,1-4H3,(H,38,42)/t32-/m1/s1. The number of amides is 2. The highest BCUT2D eigenvalue weighted by Gasteiger charge is 2.36. The Morgan fingerprint density at radius 2 is 1.47 bits per heavy atom. The number of nitrogens with zero attached hydrogens (tertiary/aromatic N) is 2. The zero-order valence-corrected chi connectivity index (χ0v) is 27.3. The second-order valence-corrected chi connectivity index (χ2v) is 14.1. The summed E-state index contributed by atoms with van der Waals surface area (Å²) in [5, 5.41) is 3.28. The van der Waals surface area contributed by atoms with Crippen molar-refractivity contribution in [2.45, 2.75) is 57.1 Å². The summed E-state index contributed by atoms with van der Waals surface area (Å²) < 4.78 is 43.1. The summed E-state index contributed by atoms with van der Waals surface area (Å²) in [6, 6.07) is 26.5. The largest absolute Gasteiger partial charge is 0.350 e. The van der Waals surface area contributed by atoms with Crippen LogP contribution in [-0.2, 0) is 32.6 Å². The highest BCUT2D eigenvalue weighted by Crippen LogP contribution is 2.30. The van der Waals surface area contributed by atoms with Gasteiger partial charge in [0.05, 0.1) is 10.6 Å². The van der Waals surface area contributed by atoms with Crippen molar-refractivity contribution in [3.05, 3.63) is 131 Å². The van der Waals surface area contributed by atoms with E-state index in [4.69, 9.17) is 11.6 Å². The fourth-order valence-corrected chi connectivity index (χ4v) is 6.54. The van der Waals surface area contributed by atoms with Crippen molar-refractivity contribution in [1.29, 1.82) is 0 Å². The number of nitrogens with one attached hydrogen (secondary N) is 1. The summed E-state index contributed by atoms with van der Waals surface area (Å²) in [7, 11) is -4.26. The Labute approximate surface area is 269 Å². The number of benzene rings is 4. The van der Waals surface area contributed by atoms with Gasteiger partial charge in [-0.2, -0.15) is 0 Å². The lowest BCUT2D eigenvalue weighted by Crippen LogP contribution is -2.56. The minimum Gasteiger partial charge on any atom is -0.350 e. The van der Waals surface area contributed by atoms with Gasteiger partial charge in [0.15, 0.2) is 0 Å². The molecule has 4 rings (SSSR count). The summed E-state index contributed by atoms with van der Waals surface area (Å²) in [4.78, 5) is 29.8. The van der Waals surface area contributed by atoms with E-state index < -0.39 is 45.8 Å². The average Bonchev–Trinajstić information content (AvgIpc) is 3.00. The van der Waals surface area contributed by atoms with E-state index in [1.54, 1.807) is 37.3 Å². The van der Waals surface area contributed by atoms with E-state index in [2.05, 4.69) is 5.32 Å². The van der Waals surface area contributed by atoms with Gasteiger partial charge >= 0.3 is 0 Å². The summed E-state index contributed by atoms with van der Waals surface area (Å²) >= 11 is 6.32. The molecule has 0 aromatic heterocycles. The van der Waals surface area contributed by atoms with Gasteiger partial charge in [-0.1, -0.05) is 78.3 Å². The van der Waals surface area contributed by atoms with Crippen LogP contribution in [0.15, 0.2) is 108 Å². The lowest BCUT2D eigenvalue weighted by Gasteiger charge is -2.35. The zero-order valence-electron chi connectivity index (χ0n) is 25.7. The molecule has 0 radical (unpaired) electrons. The number of anilines is 1. The van der Waals surface area contributed by atoms with E-state index in [9.17, 15) is 22.4 Å². The quantitative estimate of drug-likeness (QED) is 0.200. The van der Waals surface area contributed by atoms with Crippen molar-refractivity contribution in [3.8, 4) is 0 Å². The maximum atomic E-state index is 14.5. The van der Waals surface area contributed by atoms with Crippen LogP contribution in [0.1, 0.15) is 37.5 Å². The molecule has 1 N–H and O–H groups in total. The van der Waals surface area contributed by atoms with Crippen LogP contribution in [0, 0.1) is 12.7 Å². The summed E-state index contributed by atoms with van der Waals surface area (Å²) in [5.74, 6) is -1.47. The van der Waals surface area contributed by atoms with E-state index in [1.165, 1.54) is 47.4 Å². The fourth-order valence-electron chi connectivity index (χ4n) is 4.88. The Kier molecular flexibility index (Phi) is 10.7. The van der Waals surface area contributed by atoms with E-state index in [1.807, 2.05) is 51.1 Å². The average molecular weight is 650 g/mol. The topological polar surface area (TPSA) is 86.8 Å². The predicted octanol–water partition coefficient (Wildman–Crippen LogP) is 6.54. The van der Waals surface area contributed by atoms with Gasteiger partial charge in [0.25, 0.3) is 10.0 Å². The number of hydrogen-bond acceptors (Lipinski definition) is 4. The minimum atomic E-state index is -4.26. The molecule has 0 unspecified atom stereocenters. The summed E-state index contributed by atoms with van der Waals surface area (Å²) in [6.07, 6.45) is 0.164. The molecule has 2 amide bonds. The number of aryl methyl sites for hydroxylation is 1. The van der Waals surface area contributed by atoms with Crippen LogP contribution >= 0.6 is 11.6 Å². The van der Waals surface area contributed by atoms with E-state index in [-0.39, 0.29) is 23.5 Å². The number of hydrogen-bond donors (Lipinski definition) is 1. The van der Waals surface area contributed by atoms with Crippen LogP contribution < -0.4 is 9.62 Å². The zero-order chi connectivity index (χ0) is 32.8. The van der Waals surface area contributed by atoms with Gasteiger partial charge in [-0.15, -0.1) is 0 Å². The molecule has 0 aliphatic carbocycles. The molecule has 45 heavy (non-hydrogen) atoms. The molecule has 4 aromatic rings. The molecule has 0 saturated heterocycles. The molecule has 0 fully saturated rings. The molecule has 0 heterocycles. The van der Waals surface area contributed by atoms with Crippen LogP contribution in [0.5, 0.6) is 0 Å². The van der Waals surface area contributed by atoms with Crippen molar-refractivity contribution in [3.63, 3.8) is 0 Å². The monoisotopic (exact) mass is 649 g/mol. The SMILES string of the molecule is Cc1ccc(Cl)cc1N(CC(=O)N(Cc1ccc(F)cc1)[C@H](Cc1ccccc1)C(=O)NC(C)(C)C)S(=O)(=O)c1ccccc1. The van der Waals surface area contributed by atoms with Crippen molar-refractivity contribution >= 4 is 39.1 Å². The lowest BCUT2D eigenvalue weighted by molar-refractivity contribution is -0.140. The minimum absolute atomic E-state index is 0.00595. The van der Waals surface area contributed by atoms with Crippen LogP contribution in [-0.4, -0.2) is 43.3 Å². The molecule has 0 aliphatic rings. The predicted molar refractivity (Wildman–Crippen MR) is 176 cm³/mol. The summed E-state index contributed by atoms with van der Waals surface area (Å²) in [5.41, 5.74) is 1.59. The fraction of sp³-hybridized carbons (Fsp3) is 0.257. The molecular formula is C35H37ClFN3O4S. The maximum absolute atomic E-state index is 14.5. The lowest BCUT2D eigenvalue weighted by atomic mass is 10.0. The van der Waals surface area contributed by atoms with Gasteiger partial charge in [-0.25, -0.2) is 12.8 Å². The van der Waals surface area contributed by atoms with Gasteiger partial charge in [0.2, 0.25) is 11.8 Å². The Balaban J connectivity index is 1.84. The van der Waals surface area contributed by atoms with Crippen LogP contribution in [0.2, 0.25) is 5.02 Å². The normalized spacial score (nSPS) is 12.3. The second-order valence-electron chi connectivity index (χ2n) is 11.8. The molecule has 0 saturated carbocycles. The molecule has 0 bridgehead atoms. The Hall–Kier alpha value is -4.21. The molecule has 10 heteroatoms. The van der Waals surface area contributed by atoms with E-state index >= 15 is 0 Å². The second kappa shape index (κ2) is 14.3. The number of sulfonamides is 1. The molecule has 236 valence electrons. The first-order valence-corrected chi connectivity index (χ1v) is 16.3. The van der Waals surface area contributed by atoms with E-state index in [0.29, 0.717) is 16.1 Å². The first-order valence-electron chi connectivity index (χ1n) is 14.5. The van der Waals surface area contributed by atoms with E-state index in [0.717, 1.165) is 9.87 Å². The van der Waals surface area contributed by atoms with Gasteiger partial charge in [-0.05, 0) is 80.8 Å². The van der Waals surface area contributed by atoms with Gasteiger partial charge in [0, 0.05) is 23.5 Å². The van der Waals surface area contributed by atoms with Crippen molar-refractivity contribution in [2.75, 3.05) is 10.8 Å². The molecule has 7 nitrogen and oxygen atoms in total. The Morgan fingerprint density at radius 3 is 2.07 bits per heavy atom. The van der Waals surface area contributed by atoms with Gasteiger partial charge in [0.1, 0.15) is 18.4 Å². The Morgan fingerprint density at radius 1 is 0.867 bits per heavy atom. The number of rotatable bonds is 11. The maximum Gasteiger partial charge on any atom is 0.264 e. The molecule has 4 aromatic carbocycles. The molecule has 0 spiro atoms. The first-order chi connectivity index (χ1) is 21.2. The third-order valence-electron chi connectivity index (χ3n) is 7.09. The highest BCUT2D eigenvalue weighted by atomic mass is 35.5. The Bertz CT molecular complexity index is 1730. The third-order valence-corrected chi connectivity index (χ3v) is 9.09. The van der Waals surface area contributed by atoms with Crippen LogP contribution in [0.3, 0.4) is 0 Å². The molecular weight excluding hydrogens is 613 g/mol. The van der Waals surface area contributed by atoms with Crippen molar-refractivity contribution in [1.82, 2.24) is 10.2 Å². The van der Waals surface area contributed by atoms with Gasteiger partial charge in [-0.3, -0.25) is 13.9 Å². The smallest absolute Gasteiger partial charge is 0.264 e. The third kappa shape index (κ3) is 8.93. The molecule has 1 atom stereocenters. The van der Waals surface area contributed by atoms with Crippen LogP contribution in [0.25, 0.3) is 0 Å². The number of halogens is 2. The van der Waals surface area contributed by atoms with Crippen LogP contribution in [0.4, 0.5) is 10.1 Å². The first kappa shape index (κ1) is 33.7. The number of carbonyl (C=O) groups excluding carboxylic acids is 2. The summed E-state index contributed by atoms with van der Waals surface area (Å²) in [6.45, 7) is 6.57. The van der Waals surface area contributed by atoms with Crippen molar-refractivity contribution in [2.24, 2.45) is 0 Å². The highest BCUT2D eigenvalue weighted by molar-refractivity contribution is 7.92.